The van der Waals surface area contributed by atoms with E-state index in [9.17, 15) is 4.79 Å². The van der Waals surface area contributed by atoms with Gasteiger partial charge in [0.25, 0.3) is 5.56 Å². The van der Waals surface area contributed by atoms with E-state index in [0.717, 1.165) is 49.7 Å². The van der Waals surface area contributed by atoms with Crippen LogP contribution >= 0.6 is 0 Å². The molecule has 3 heterocycles. The fourth-order valence-corrected chi connectivity index (χ4v) is 2.75. The average molecular weight is 317 g/mol. The zero-order chi connectivity index (χ0) is 16.2. The molecule has 0 saturated carbocycles. The number of nitrogens with one attached hydrogen (secondary N) is 1. The van der Waals surface area contributed by atoms with Crippen LogP contribution in [-0.2, 0) is 24.8 Å². The topological polar surface area (TPSA) is 76.0 Å². The monoisotopic (exact) mass is 317 g/mol. The molecule has 0 spiro atoms. The van der Waals surface area contributed by atoms with E-state index in [1.807, 2.05) is 12.3 Å². The van der Waals surface area contributed by atoms with Crippen molar-refractivity contribution in [2.24, 2.45) is 7.05 Å². The van der Waals surface area contributed by atoms with Gasteiger partial charge in [0.15, 0.2) is 5.82 Å². The number of H-pyrrole nitrogens is 1. The summed E-state index contributed by atoms with van der Waals surface area (Å²) in [6, 6.07) is 3.68. The molecule has 7 nitrogen and oxygen atoms in total. The van der Waals surface area contributed by atoms with E-state index in [1.54, 1.807) is 17.7 Å². The number of nitrogens with zero attached hydrogens (tertiary/aromatic N) is 4. The first-order valence-electron chi connectivity index (χ1n) is 8.06. The number of rotatable bonds is 5. The van der Waals surface area contributed by atoms with Gasteiger partial charge in [-0.1, -0.05) is 6.92 Å². The van der Waals surface area contributed by atoms with Gasteiger partial charge in [0.2, 0.25) is 0 Å². The highest BCUT2D eigenvalue weighted by molar-refractivity contribution is 5.11. The summed E-state index contributed by atoms with van der Waals surface area (Å²) >= 11 is 0. The first-order chi connectivity index (χ1) is 11.2. The van der Waals surface area contributed by atoms with Crippen LogP contribution in [0, 0.1) is 0 Å². The van der Waals surface area contributed by atoms with E-state index in [0.29, 0.717) is 6.61 Å². The van der Waals surface area contributed by atoms with Crippen LogP contribution in [0.25, 0.3) is 0 Å². The van der Waals surface area contributed by atoms with Gasteiger partial charge >= 0.3 is 0 Å². The van der Waals surface area contributed by atoms with Crippen molar-refractivity contribution in [1.82, 2.24) is 24.6 Å². The lowest BCUT2D eigenvalue weighted by Crippen LogP contribution is -2.38. The van der Waals surface area contributed by atoms with Gasteiger partial charge in [-0.15, -0.1) is 0 Å². The lowest BCUT2D eigenvalue weighted by atomic mass is 10.2. The summed E-state index contributed by atoms with van der Waals surface area (Å²) < 4.78 is 7.39. The van der Waals surface area contributed by atoms with Crippen molar-refractivity contribution < 1.29 is 4.74 Å². The Hall–Kier alpha value is -1.99. The summed E-state index contributed by atoms with van der Waals surface area (Å²) in [6.07, 6.45) is 3.63. The Morgan fingerprint density at radius 1 is 1.48 bits per heavy atom. The van der Waals surface area contributed by atoms with E-state index in [1.165, 1.54) is 0 Å². The summed E-state index contributed by atoms with van der Waals surface area (Å²) in [5.74, 6) is 1.64. The lowest BCUT2D eigenvalue weighted by molar-refractivity contribution is -0.0371. The number of aryl methyl sites for hydroxylation is 2. The van der Waals surface area contributed by atoms with Crippen LogP contribution in [0.15, 0.2) is 23.1 Å². The van der Waals surface area contributed by atoms with Crippen molar-refractivity contribution >= 4 is 0 Å². The predicted molar refractivity (Wildman–Crippen MR) is 86.0 cm³/mol. The Morgan fingerprint density at radius 2 is 2.35 bits per heavy atom. The maximum Gasteiger partial charge on any atom is 0.250 e. The third-order valence-electron chi connectivity index (χ3n) is 4.05. The third-order valence-corrected chi connectivity index (χ3v) is 4.05. The van der Waals surface area contributed by atoms with E-state index >= 15 is 0 Å². The molecule has 1 fully saturated rings. The van der Waals surface area contributed by atoms with Gasteiger partial charge in [0, 0.05) is 45.4 Å². The van der Waals surface area contributed by atoms with Crippen molar-refractivity contribution in [3.05, 3.63) is 45.9 Å². The molecule has 2 aromatic heterocycles. The number of ether oxygens (including phenoxy) is 1. The molecule has 1 aliphatic heterocycles. The van der Waals surface area contributed by atoms with Crippen LogP contribution in [-0.4, -0.2) is 44.3 Å². The summed E-state index contributed by atoms with van der Waals surface area (Å²) in [4.78, 5) is 18.5. The number of hydrogen-bond donors (Lipinski definition) is 1. The zero-order valence-electron chi connectivity index (χ0n) is 13.7. The second-order valence-electron chi connectivity index (χ2n) is 5.97. The van der Waals surface area contributed by atoms with Crippen LogP contribution in [0.2, 0.25) is 0 Å². The SMILES string of the molecule is CCCc1nc([C@H]2CN(Cc3ccn(C)c(=O)c3)CCO2)n[nH]1. The molecule has 1 saturated heterocycles. The maximum absolute atomic E-state index is 11.7. The van der Waals surface area contributed by atoms with Crippen molar-refractivity contribution in [2.45, 2.75) is 32.4 Å². The van der Waals surface area contributed by atoms with Crippen LogP contribution in [0.4, 0.5) is 0 Å². The zero-order valence-corrected chi connectivity index (χ0v) is 13.7. The van der Waals surface area contributed by atoms with Crippen LogP contribution in [0.1, 0.15) is 36.7 Å². The van der Waals surface area contributed by atoms with Gasteiger partial charge < -0.3 is 9.30 Å². The molecule has 0 bridgehead atoms. The van der Waals surface area contributed by atoms with Crippen molar-refractivity contribution in [3.8, 4) is 0 Å². The Balaban J connectivity index is 1.65. The highest BCUT2D eigenvalue weighted by atomic mass is 16.5. The van der Waals surface area contributed by atoms with Crippen LogP contribution in [0.5, 0.6) is 0 Å². The minimum Gasteiger partial charge on any atom is -0.367 e. The molecule has 3 rings (SSSR count). The van der Waals surface area contributed by atoms with Gasteiger partial charge in [-0.05, 0) is 18.1 Å². The number of aromatic amines is 1. The number of morpholine rings is 1. The first-order valence-corrected chi connectivity index (χ1v) is 8.06. The Morgan fingerprint density at radius 3 is 3.13 bits per heavy atom. The van der Waals surface area contributed by atoms with Crippen molar-refractivity contribution in [2.75, 3.05) is 19.7 Å². The largest absolute Gasteiger partial charge is 0.367 e. The molecule has 7 heteroatoms. The average Bonchev–Trinajstić information content (AvgIpc) is 3.00. The smallest absolute Gasteiger partial charge is 0.250 e. The van der Waals surface area contributed by atoms with E-state index < -0.39 is 0 Å². The molecule has 0 amide bonds. The Bertz CT molecular complexity index is 708. The van der Waals surface area contributed by atoms with Crippen LogP contribution < -0.4 is 5.56 Å². The van der Waals surface area contributed by atoms with Gasteiger partial charge in [-0.3, -0.25) is 14.8 Å². The molecule has 1 aliphatic rings. The van der Waals surface area contributed by atoms with Gasteiger partial charge in [0.05, 0.1) is 6.61 Å². The third kappa shape index (κ3) is 3.86. The number of pyridine rings is 1. The Kier molecular flexibility index (Phi) is 4.88. The molecule has 1 N–H and O–H groups in total. The van der Waals surface area contributed by atoms with Crippen molar-refractivity contribution in [3.63, 3.8) is 0 Å². The number of aromatic nitrogens is 4. The quantitative estimate of drug-likeness (QED) is 0.891. The van der Waals surface area contributed by atoms with E-state index in [2.05, 4.69) is 27.0 Å². The minimum atomic E-state index is -0.114. The summed E-state index contributed by atoms with van der Waals surface area (Å²) in [5, 5.41) is 7.26. The molecule has 23 heavy (non-hydrogen) atoms. The summed E-state index contributed by atoms with van der Waals surface area (Å²) in [7, 11) is 1.76. The van der Waals surface area contributed by atoms with E-state index in [4.69, 9.17) is 4.74 Å². The van der Waals surface area contributed by atoms with Gasteiger partial charge in [-0.25, -0.2) is 4.98 Å². The standard InChI is InChI=1S/C16H23N5O2/c1-3-4-14-17-16(19-18-14)13-11-21(7-8-23-13)10-12-5-6-20(2)15(22)9-12/h5-6,9,13H,3-4,7-8,10-11H2,1-2H3,(H,17,18,19)/t13-/m1/s1. The molecular weight excluding hydrogens is 294 g/mol. The normalized spacial score (nSPS) is 19.1. The van der Waals surface area contributed by atoms with Crippen LogP contribution in [0.3, 0.4) is 0 Å². The van der Waals surface area contributed by atoms with E-state index in [-0.39, 0.29) is 11.7 Å². The second kappa shape index (κ2) is 7.06. The lowest BCUT2D eigenvalue weighted by Gasteiger charge is -2.31. The summed E-state index contributed by atoms with van der Waals surface area (Å²) in [5.41, 5.74) is 1.04. The van der Waals surface area contributed by atoms with Gasteiger partial charge in [-0.2, -0.15) is 5.10 Å². The molecule has 0 radical (unpaired) electrons. The fraction of sp³-hybridized carbons (Fsp3) is 0.562. The first kappa shape index (κ1) is 15.9. The molecule has 0 aromatic carbocycles. The predicted octanol–water partition coefficient (Wildman–Crippen LogP) is 1.03. The molecular formula is C16H23N5O2. The van der Waals surface area contributed by atoms with Crippen molar-refractivity contribution in [1.29, 1.82) is 0 Å². The Labute approximate surface area is 135 Å². The molecule has 1 atom stereocenters. The summed E-state index contributed by atoms with van der Waals surface area (Å²) in [6.45, 7) is 5.08. The molecule has 0 aliphatic carbocycles. The second-order valence-corrected chi connectivity index (χ2v) is 5.97. The maximum atomic E-state index is 11.7. The highest BCUT2D eigenvalue weighted by Gasteiger charge is 2.25. The number of hydrogen-bond acceptors (Lipinski definition) is 5. The molecule has 124 valence electrons. The molecule has 2 aromatic rings. The van der Waals surface area contributed by atoms with Gasteiger partial charge in [0.1, 0.15) is 11.9 Å². The minimum absolute atomic E-state index is 0.0190. The fourth-order valence-electron chi connectivity index (χ4n) is 2.75. The highest BCUT2D eigenvalue weighted by Crippen LogP contribution is 2.20. The molecule has 0 unspecified atom stereocenters.